The maximum atomic E-state index is 13.1. The molecule has 2 rings (SSSR count). The molecule has 1 saturated heterocycles. The maximum Gasteiger partial charge on any atom is 0.394 e. The number of urea groups is 1. The smallest absolute Gasteiger partial charge is 0.319 e. The Morgan fingerprint density at radius 1 is 1.36 bits per heavy atom. The third kappa shape index (κ3) is 3.90. The van der Waals surface area contributed by atoms with Crippen molar-refractivity contribution in [3.05, 3.63) is 23.8 Å². The topological polar surface area (TPSA) is 92.5 Å². The van der Waals surface area contributed by atoms with Gasteiger partial charge in [0, 0.05) is 12.2 Å². The summed E-state index contributed by atoms with van der Waals surface area (Å²) < 4.78 is 62.4. The lowest BCUT2D eigenvalue weighted by atomic mass is 9.88. The van der Waals surface area contributed by atoms with E-state index < -0.39 is 33.7 Å². The monoisotopic (exact) mass is 379 g/mol. The standard InChI is InChI=1S/C15H20F3N3O3S/c1-9-4-5-10(8-11(9)25(19,23)24)20-13(22)21-7-6-12(14(21,2)3)15(16,17)18/h4-5,8,12H,6-7H2,1-3H3,(H,20,22)(H2,19,23,24)/t12-/m1/s1. The first-order valence-corrected chi connectivity index (χ1v) is 9.08. The van der Waals surface area contributed by atoms with Gasteiger partial charge < -0.3 is 10.2 Å². The number of aryl methyl sites for hydroxylation is 1. The van der Waals surface area contributed by atoms with E-state index in [0.717, 1.165) is 4.90 Å². The summed E-state index contributed by atoms with van der Waals surface area (Å²) in [5.74, 6) is -1.62. The second-order valence-electron chi connectivity index (χ2n) is 6.64. The molecule has 140 valence electrons. The molecule has 3 N–H and O–H groups in total. The predicted octanol–water partition coefficient (Wildman–Crippen LogP) is 2.84. The number of sulfonamides is 1. The number of primary sulfonamides is 1. The van der Waals surface area contributed by atoms with E-state index in [2.05, 4.69) is 5.32 Å². The molecule has 1 atom stereocenters. The molecule has 0 aliphatic carbocycles. The van der Waals surface area contributed by atoms with Gasteiger partial charge in [-0.15, -0.1) is 0 Å². The zero-order valence-corrected chi connectivity index (χ0v) is 14.8. The zero-order chi connectivity index (χ0) is 19.2. The summed E-state index contributed by atoms with van der Waals surface area (Å²) in [7, 11) is -3.98. The molecule has 1 fully saturated rings. The van der Waals surface area contributed by atoms with Gasteiger partial charge in [0.15, 0.2) is 0 Å². The van der Waals surface area contributed by atoms with Crippen LogP contribution in [0.4, 0.5) is 23.7 Å². The van der Waals surface area contributed by atoms with E-state index in [1.54, 1.807) is 6.92 Å². The van der Waals surface area contributed by atoms with Crippen molar-refractivity contribution in [3.8, 4) is 0 Å². The number of anilines is 1. The van der Waals surface area contributed by atoms with Gasteiger partial charge >= 0.3 is 12.2 Å². The Labute approximate surface area is 144 Å². The third-order valence-corrected chi connectivity index (χ3v) is 5.63. The summed E-state index contributed by atoms with van der Waals surface area (Å²) in [5, 5.41) is 7.56. The minimum Gasteiger partial charge on any atom is -0.319 e. The highest BCUT2D eigenvalue weighted by Crippen LogP contribution is 2.44. The highest BCUT2D eigenvalue weighted by atomic mass is 32.2. The van der Waals surface area contributed by atoms with Gasteiger partial charge in [-0.3, -0.25) is 0 Å². The number of hydrogen-bond donors (Lipinski definition) is 2. The van der Waals surface area contributed by atoms with Crippen LogP contribution >= 0.6 is 0 Å². The van der Waals surface area contributed by atoms with Crippen LogP contribution in [0.5, 0.6) is 0 Å². The molecule has 1 aromatic rings. The molecular formula is C15H20F3N3O3S. The van der Waals surface area contributed by atoms with Crippen LogP contribution in [-0.4, -0.2) is 37.6 Å². The Bertz CT molecular complexity index is 791. The van der Waals surface area contributed by atoms with E-state index >= 15 is 0 Å². The van der Waals surface area contributed by atoms with Gasteiger partial charge in [-0.25, -0.2) is 18.4 Å². The number of carbonyl (C=O) groups excluding carboxylic acids is 1. The van der Waals surface area contributed by atoms with E-state index in [0.29, 0.717) is 5.56 Å². The van der Waals surface area contributed by atoms with Crippen molar-refractivity contribution in [3.63, 3.8) is 0 Å². The third-order valence-electron chi connectivity index (χ3n) is 4.58. The van der Waals surface area contributed by atoms with Gasteiger partial charge in [-0.2, -0.15) is 13.2 Å². The number of nitrogens with one attached hydrogen (secondary N) is 1. The number of hydrogen-bond acceptors (Lipinski definition) is 3. The molecule has 1 aromatic carbocycles. The van der Waals surface area contributed by atoms with Crippen LogP contribution in [0.15, 0.2) is 23.1 Å². The molecule has 2 amide bonds. The molecule has 0 bridgehead atoms. The Morgan fingerprint density at radius 2 is 1.96 bits per heavy atom. The molecule has 0 spiro atoms. The molecule has 0 unspecified atom stereocenters. The van der Waals surface area contributed by atoms with Crippen LogP contribution in [0.1, 0.15) is 25.8 Å². The Hall–Kier alpha value is -1.81. The predicted molar refractivity (Wildman–Crippen MR) is 86.5 cm³/mol. The van der Waals surface area contributed by atoms with Crippen LogP contribution < -0.4 is 10.5 Å². The molecule has 10 heteroatoms. The Kier molecular flexibility index (Phi) is 4.81. The molecular weight excluding hydrogens is 359 g/mol. The maximum absolute atomic E-state index is 13.1. The number of carbonyl (C=O) groups is 1. The van der Waals surface area contributed by atoms with E-state index in [4.69, 9.17) is 5.14 Å². The minimum absolute atomic E-state index is 0.0447. The molecule has 1 heterocycles. The van der Waals surface area contributed by atoms with Crippen LogP contribution in [-0.2, 0) is 10.0 Å². The van der Waals surface area contributed by atoms with Gasteiger partial charge in [-0.1, -0.05) is 6.07 Å². The number of alkyl halides is 3. The Morgan fingerprint density at radius 3 is 2.44 bits per heavy atom. The average molecular weight is 379 g/mol. The number of likely N-dealkylation sites (tertiary alicyclic amines) is 1. The van der Waals surface area contributed by atoms with Gasteiger partial charge in [0.25, 0.3) is 0 Å². The normalized spacial score (nSPS) is 20.6. The second kappa shape index (κ2) is 6.17. The van der Waals surface area contributed by atoms with Crippen molar-refractivity contribution in [1.29, 1.82) is 0 Å². The van der Waals surface area contributed by atoms with Crippen LogP contribution in [0.2, 0.25) is 0 Å². The molecule has 6 nitrogen and oxygen atoms in total. The fourth-order valence-corrected chi connectivity index (χ4v) is 4.00. The number of halogens is 3. The number of nitrogens with zero attached hydrogens (tertiary/aromatic N) is 1. The SMILES string of the molecule is Cc1ccc(NC(=O)N2CC[C@@H](C(F)(F)F)C2(C)C)cc1S(N)(=O)=O. The summed E-state index contributed by atoms with van der Waals surface area (Å²) in [5.41, 5.74) is -0.861. The number of amides is 2. The molecule has 0 radical (unpaired) electrons. The number of rotatable bonds is 2. The van der Waals surface area contributed by atoms with Crippen LogP contribution in [0.3, 0.4) is 0 Å². The first-order chi connectivity index (χ1) is 11.2. The van der Waals surface area contributed by atoms with E-state index in [-0.39, 0.29) is 23.5 Å². The molecule has 0 aromatic heterocycles. The summed E-state index contributed by atoms with van der Waals surface area (Å²) in [6.07, 6.45) is -4.58. The lowest BCUT2D eigenvalue weighted by molar-refractivity contribution is -0.189. The number of nitrogens with two attached hydrogens (primary N) is 1. The first kappa shape index (κ1) is 19.5. The molecule has 25 heavy (non-hydrogen) atoms. The van der Waals surface area contributed by atoms with Crippen molar-refractivity contribution < 1.29 is 26.4 Å². The van der Waals surface area contributed by atoms with Gasteiger partial charge in [-0.05, 0) is 44.9 Å². The number of benzene rings is 1. The summed E-state index contributed by atoms with van der Waals surface area (Å²) >= 11 is 0. The van der Waals surface area contributed by atoms with Gasteiger partial charge in [0.2, 0.25) is 10.0 Å². The van der Waals surface area contributed by atoms with Crippen molar-refractivity contribution in [2.45, 2.75) is 43.8 Å². The van der Waals surface area contributed by atoms with Gasteiger partial charge in [0.05, 0.1) is 16.4 Å². The average Bonchev–Trinajstić information content (AvgIpc) is 2.74. The van der Waals surface area contributed by atoms with Crippen LogP contribution in [0.25, 0.3) is 0 Å². The quantitative estimate of drug-likeness (QED) is 0.828. The molecule has 1 aliphatic rings. The fraction of sp³-hybridized carbons (Fsp3) is 0.533. The minimum atomic E-state index is -4.40. The Balaban J connectivity index is 2.24. The summed E-state index contributed by atoms with van der Waals surface area (Å²) in [6.45, 7) is 4.23. The molecule has 0 saturated carbocycles. The van der Waals surface area contributed by atoms with E-state index in [9.17, 15) is 26.4 Å². The van der Waals surface area contributed by atoms with Gasteiger partial charge in [0.1, 0.15) is 0 Å². The lowest BCUT2D eigenvalue weighted by Crippen LogP contribution is -2.51. The van der Waals surface area contributed by atoms with Crippen molar-refractivity contribution in [1.82, 2.24) is 4.90 Å². The van der Waals surface area contributed by atoms with E-state index in [1.807, 2.05) is 0 Å². The fourth-order valence-electron chi connectivity index (χ4n) is 3.19. The van der Waals surface area contributed by atoms with Crippen molar-refractivity contribution in [2.24, 2.45) is 11.1 Å². The lowest BCUT2D eigenvalue weighted by Gasteiger charge is -2.36. The summed E-state index contributed by atoms with van der Waals surface area (Å²) in [4.78, 5) is 13.4. The van der Waals surface area contributed by atoms with E-state index in [1.165, 1.54) is 32.0 Å². The summed E-state index contributed by atoms with van der Waals surface area (Å²) in [6, 6.07) is 3.39. The first-order valence-electron chi connectivity index (χ1n) is 7.53. The van der Waals surface area contributed by atoms with Crippen LogP contribution in [0, 0.1) is 12.8 Å². The largest absolute Gasteiger partial charge is 0.394 e. The highest BCUT2D eigenvalue weighted by Gasteiger charge is 2.56. The van der Waals surface area contributed by atoms with Crippen molar-refractivity contribution >= 4 is 21.7 Å². The second-order valence-corrected chi connectivity index (χ2v) is 8.17. The zero-order valence-electron chi connectivity index (χ0n) is 14.0. The molecule has 1 aliphatic heterocycles. The highest BCUT2D eigenvalue weighted by molar-refractivity contribution is 7.89. The van der Waals surface area contributed by atoms with Crippen molar-refractivity contribution in [2.75, 3.05) is 11.9 Å².